The topological polar surface area (TPSA) is 38.8 Å². The van der Waals surface area contributed by atoms with E-state index in [9.17, 15) is 4.79 Å². The second-order valence-corrected chi connectivity index (χ2v) is 6.39. The van der Waals surface area contributed by atoms with E-state index < -0.39 is 6.10 Å². The Balaban J connectivity index is 1.68. The number of carbonyl (C=O) groups is 1. The highest BCUT2D eigenvalue weighted by molar-refractivity contribution is 6.32. The quantitative estimate of drug-likeness (QED) is 0.857. The van der Waals surface area contributed by atoms with Crippen LogP contribution in [0.1, 0.15) is 32.6 Å². The Morgan fingerprint density at radius 1 is 1.36 bits per heavy atom. The van der Waals surface area contributed by atoms with E-state index in [1.807, 2.05) is 17.0 Å². The summed E-state index contributed by atoms with van der Waals surface area (Å²) in [5, 5.41) is 0.527. The monoisotopic (exact) mass is 323 g/mol. The number of fused-ring (bicyclic) bond motifs is 1. The van der Waals surface area contributed by atoms with Gasteiger partial charge in [0.2, 0.25) is 0 Å². The number of hydrogen-bond donors (Lipinski definition) is 0. The number of nitrogens with zero attached hydrogens (tertiary/aromatic N) is 1. The minimum Gasteiger partial charge on any atom is -0.479 e. The molecule has 0 bridgehead atoms. The molecule has 0 radical (unpaired) electrons. The Morgan fingerprint density at radius 3 is 2.95 bits per heavy atom. The van der Waals surface area contributed by atoms with Crippen molar-refractivity contribution in [2.24, 2.45) is 0 Å². The molecule has 1 aromatic rings. The minimum atomic E-state index is -0.541. The van der Waals surface area contributed by atoms with Crippen molar-refractivity contribution in [3.05, 3.63) is 29.3 Å². The van der Waals surface area contributed by atoms with Gasteiger partial charge in [-0.2, -0.15) is 0 Å². The second kappa shape index (κ2) is 6.88. The van der Waals surface area contributed by atoms with Crippen LogP contribution in [0.5, 0.6) is 5.75 Å². The zero-order valence-electron chi connectivity index (χ0n) is 12.8. The first-order valence-corrected chi connectivity index (χ1v) is 8.38. The largest absolute Gasteiger partial charge is 0.479 e. The average Bonchev–Trinajstić information content (AvgIpc) is 2.55. The van der Waals surface area contributed by atoms with Crippen molar-refractivity contribution in [3.63, 3.8) is 0 Å². The van der Waals surface area contributed by atoms with E-state index in [1.54, 1.807) is 19.1 Å². The molecule has 1 saturated heterocycles. The molecule has 3 atom stereocenters. The van der Waals surface area contributed by atoms with Crippen molar-refractivity contribution in [1.29, 1.82) is 0 Å². The number of amides is 1. The first-order chi connectivity index (χ1) is 10.7. The van der Waals surface area contributed by atoms with Gasteiger partial charge in [-0.3, -0.25) is 4.79 Å². The van der Waals surface area contributed by atoms with Crippen LogP contribution in [0.2, 0.25) is 5.02 Å². The molecule has 120 valence electrons. The molecule has 1 aliphatic carbocycles. The summed E-state index contributed by atoms with van der Waals surface area (Å²) < 4.78 is 11.6. The Hall–Kier alpha value is -1.26. The lowest BCUT2D eigenvalue weighted by Crippen LogP contribution is -2.57. The molecule has 3 unspecified atom stereocenters. The van der Waals surface area contributed by atoms with Gasteiger partial charge in [-0.1, -0.05) is 36.6 Å². The van der Waals surface area contributed by atoms with Crippen LogP contribution in [0.15, 0.2) is 24.3 Å². The van der Waals surface area contributed by atoms with E-state index in [-0.39, 0.29) is 18.1 Å². The van der Waals surface area contributed by atoms with E-state index in [0.29, 0.717) is 23.9 Å². The molecule has 1 saturated carbocycles. The van der Waals surface area contributed by atoms with E-state index in [4.69, 9.17) is 21.1 Å². The van der Waals surface area contributed by atoms with Crippen molar-refractivity contribution in [2.75, 3.05) is 13.2 Å². The van der Waals surface area contributed by atoms with Gasteiger partial charge in [-0.05, 0) is 31.9 Å². The Labute approximate surface area is 136 Å². The van der Waals surface area contributed by atoms with Crippen molar-refractivity contribution in [2.45, 2.75) is 50.9 Å². The second-order valence-electron chi connectivity index (χ2n) is 5.98. The van der Waals surface area contributed by atoms with E-state index in [0.717, 1.165) is 19.3 Å². The van der Waals surface area contributed by atoms with Crippen LogP contribution < -0.4 is 4.74 Å². The summed E-state index contributed by atoms with van der Waals surface area (Å²) in [7, 11) is 0. The molecule has 1 heterocycles. The first-order valence-electron chi connectivity index (χ1n) is 8.00. The van der Waals surface area contributed by atoms with Crippen molar-refractivity contribution >= 4 is 17.5 Å². The van der Waals surface area contributed by atoms with Gasteiger partial charge in [0, 0.05) is 6.54 Å². The fourth-order valence-electron chi connectivity index (χ4n) is 3.38. The van der Waals surface area contributed by atoms with Gasteiger partial charge >= 0.3 is 0 Å². The van der Waals surface area contributed by atoms with Crippen molar-refractivity contribution in [3.8, 4) is 5.75 Å². The lowest BCUT2D eigenvalue weighted by atomic mass is 9.90. The predicted molar refractivity (Wildman–Crippen MR) is 85.3 cm³/mol. The molecule has 22 heavy (non-hydrogen) atoms. The van der Waals surface area contributed by atoms with Crippen LogP contribution in [0, 0.1) is 0 Å². The van der Waals surface area contributed by atoms with Crippen LogP contribution in [-0.2, 0) is 9.53 Å². The summed E-state index contributed by atoms with van der Waals surface area (Å²) in [5.74, 6) is 0.582. The summed E-state index contributed by atoms with van der Waals surface area (Å²) >= 11 is 6.10. The zero-order chi connectivity index (χ0) is 15.5. The Kier molecular flexibility index (Phi) is 4.89. The van der Waals surface area contributed by atoms with E-state index >= 15 is 0 Å². The van der Waals surface area contributed by atoms with Crippen molar-refractivity contribution < 1.29 is 14.3 Å². The fourth-order valence-corrected chi connectivity index (χ4v) is 3.57. The van der Waals surface area contributed by atoms with Gasteiger partial charge in [0.15, 0.2) is 6.10 Å². The zero-order valence-corrected chi connectivity index (χ0v) is 13.6. The number of halogens is 1. The Bertz CT molecular complexity index is 534. The predicted octanol–water partition coefficient (Wildman–Crippen LogP) is 3.28. The van der Waals surface area contributed by atoms with Crippen LogP contribution in [0.25, 0.3) is 0 Å². The number of ether oxygens (including phenoxy) is 2. The third kappa shape index (κ3) is 3.23. The maximum absolute atomic E-state index is 12.8. The van der Waals surface area contributed by atoms with Crippen LogP contribution >= 0.6 is 11.6 Å². The number of carbonyl (C=O) groups excluding carboxylic acids is 1. The molecule has 3 rings (SSSR count). The third-order valence-electron chi connectivity index (χ3n) is 4.50. The minimum absolute atomic E-state index is 0.0279. The van der Waals surface area contributed by atoms with Gasteiger partial charge in [-0.15, -0.1) is 0 Å². The number of rotatable bonds is 3. The molecule has 2 aliphatic rings. The summed E-state index contributed by atoms with van der Waals surface area (Å²) in [6, 6.07) is 7.45. The lowest BCUT2D eigenvalue weighted by molar-refractivity contribution is -0.155. The van der Waals surface area contributed by atoms with Gasteiger partial charge in [0.1, 0.15) is 5.75 Å². The molecule has 2 fully saturated rings. The highest BCUT2D eigenvalue weighted by Crippen LogP contribution is 2.30. The number of morpholine rings is 1. The summed E-state index contributed by atoms with van der Waals surface area (Å²) in [6.07, 6.45) is 4.08. The van der Waals surface area contributed by atoms with Crippen LogP contribution in [0.4, 0.5) is 0 Å². The molecule has 1 aromatic carbocycles. The number of hydrogen-bond acceptors (Lipinski definition) is 3. The molecule has 0 spiro atoms. The van der Waals surface area contributed by atoms with Crippen LogP contribution in [-0.4, -0.2) is 42.2 Å². The number of para-hydroxylation sites is 1. The standard InChI is InChI=1S/C17H22ClNO3/c1-12(22-15-8-4-2-6-13(15)18)17(20)19-10-11-21-16-9-5-3-7-14(16)19/h2,4,6,8,12,14,16H,3,5,7,9-11H2,1H3. The smallest absolute Gasteiger partial charge is 0.263 e. The lowest BCUT2D eigenvalue weighted by Gasteiger charge is -2.44. The van der Waals surface area contributed by atoms with E-state index in [1.165, 1.54) is 6.42 Å². The third-order valence-corrected chi connectivity index (χ3v) is 4.82. The fraction of sp³-hybridized carbons (Fsp3) is 0.588. The maximum atomic E-state index is 12.8. The van der Waals surface area contributed by atoms with Gasteiger partial charge in [0.25, 0.3) is 5.91 Å². The Morgan fingerprint density at radius 2 is 2.14 bits per heavy atom. The summed E-state index contributed by atoms with van der Waals surface area (Å²) in [6.45, 7) is 3.06. The maximum Gasteiger partial charge on any atom is 0.263 e. The average molecular weight is 324 g/mol. The summed E-state index contributed by atoms with van der Waals surface area (Å²) in [5.41, 5.74) is 0. The van der Waals surface area contributed by atoms with Crippen LogP contribution in [0.3, 0.4) is 0 Å². The van der Waals surface area contributed by atoms with E-state index in [2.05, 4.69) is 0 Å². The molecule has 1 aliphatic heterocycles. The SMILES string of the molecule is CC(Oc1ccccc1Cl)C(=O)N1CCOC2CCCCC21. The van der Waals surface area contributed by atoms with Gasteiger partial charge in [-0.25, -0.2) is 0 Å². The molecule has 1 amide bonds. The molecular formula is C17H22ClNO3. The number of benzene rings is 1. The molecule has 0 N–H and O–H groups in total. The van der Waals surface area contributed by atoms with Crippen molar-refractivity contribution in [1.82, 2.24) is 4.90 Å². The first kappa shape index (κ1) is 15.6. The highest BCUT2D eigenvalue weighted by atomic mass is 35.5. The highest BCUT2D eigenvalue weighted by Gasteiger charge is 2.38. The summed E-state index contributed by atoms with van der Waals surface area (Å²) in [4.78, 5) is 14.7. The molecule has 5 heteroatoms. The molecular weight excluding hydrogens is 302 g/mol. The van der Waals surface area contributed by atoms with Gasteiger partial charge < -0.3 is 14.4 Å². The normalized spacial score (nSPS) is 26.2. The molecule has 4 nitrogen and oxygen atoms in total. The molecule has 0 aromatic heterocycles. The van der Waals surface area contributed by atoms with Gasteiger partial charge in [0.05, 0.1) is 23.8 Å².